The summed E-state index contributed by atoms with van der Waals surface area (Å²) in [6.45, 7) is 3.47. The number of hydrogen-bond donors (Lipinski definition) is 1. The minimum Gasteiger partial charge on any atom is -0.385 e. The van der Waals surface area contributed by atoms with Crippen molar-refractivity contribution >= 4 is 27.5 Å². The van der Waals surface area contributed by atoms with E-state index >= 15 is 0 Å². The van der Waals surface area contributed by atoms with Crippen LogP contribution in [-0.2, 0) is 14.8 Å². The molecule has 0 saturated heterocycles. The fourth-order valence-electron chi connectivity index (χ4n) is 3.38. The van der Waals surface area contributed by atoms with E-state index in [1.165, 1.54) is 4.31 Å². The molecule has 146 valence electrons. The van der Waals surface area contributed by atoms with Crippen LogP contribution in [0.15, 0.2) is 52.3 Å². The molecule has 0 bridgehead atoms. The lowest BCUT2D eigenvalue weighted by Crippen LogP contribution is -2.26. The Morgan fingerprint density at radius 1 is 1.19 bits per heavy atom. The van der Waals surface area contributed by atoms with Crippen LogP contribution in [0.25, 0.3) is 0 Å². The van der Waals surface area contributed by atoms with Crippen molar-refractivity contribution in [1.29, 1.82) is 0 Å². The Morgan fingerprint density at radius 2 is 1.96 bits per heavy atom. The zero-order chi connectivity index (χ0) is 19.4. The molecular weight excluding hydrogens is 380 g/mol. The molecule has 27 heavy (non-hydrogen) atoms. The highest BCUT2D eigenvalue weighted by atomic mass is 32.2. The maximum absolute atomic E-state index is 13.3. The van der Waals surface area contributed by atoms with Crippen LogP contribution < -0.4 is 9.62 Å². The van der Waals surface area contributed by atoms with Gasteiger partial charge in [-0.2, -0.15) is 0 Å². The van der Waals surface area contributed by atoms with Crippen LogP contribution in [0, 0.1) is 0 Å². The smallest absolute Gasteiger partial charge is 0.264 e. The molecule has 1 aliphatic rings. The summed E-state index contributed by atoms with van der Waals surface area (Å²) in [5, 5.41) is 3.54. The lowest BCUT2D eigenvalue weighted by Gasteiger charge is -2.22. The number of nitrogens with zero attached hydrogens (tertiary/aromatic N) is 1. The molecule has 3 rings (SSSR count). The van der Waals surface area contributed by atoms with Gasteiger partial charge in [0.05, 0.1) is 16.6 Å². The van der Waals surface area contributed by atoms with E-state index in [-0.39, 0.29) is 6.04 Å². The minimum absolute atomic E-state index is 0.187. The van der Waals surface area contributed by atoms with Crippen LogP contribution in [0.2, 0.25) is 0 Å². The summed E-state index contributed by atoms with van der Waals surface area (Å²) in [6, 6.07) is 13.3. The van der Waals surface area contributed by atoms with Crippen LogP contribution in [0.1, 0.15) is 30.5 Å². The number of methoxy groups -OCH3 is 1. The van der Waals surface area contributed by atoms with E-state index in [1.54, 1.807) is 25.9 Å². The Labute approximate surface area is 166 Å². The Hall–Kier alpha value is -1.54. The van der Waals surface area contributed by atoms with Gasteiger partial charge < -0.3 is 10.1 Å². The van der Waals surface area contributed by atoms with Gasteiger partial charge in [0.1, 0.15) is 0 Å². The molecule has 0 spiro atoms. The number of fused-ring (bicyclic) bond motifs is 2. The first-order valence-electron chi connectivity index (χ1n) is 9.07. The Morgan fingerprint density at radius 3 is 2.70 bits per heavy atom. The molecule has 2 aromatic carbocycles. The highest BCUT2D eigenvalue weighted by Crippen LogP contribution is 2.41. The molecule has 1 aliphatic heterocycles. The number of thioether (sulfide) groups is 1. The number of anilines is 1. The maximum Gasteiger partial charge on any atom is 0.264 e. The normalized spacial score (nSPS) is 17.9. The summed E-state index contributed by atoms with van der Waals surface area (Å²) < 4.78 is 33.2. The number of para-hydroxylation sites is 1. The molecule has 1 atom stereocenters. The fourth-order valence-corrected chi connectivity index (χ4v) is 5.63. The van der Waals surface area contributed by atoms with Crippen molar-refractivity contribution < 1.29 is 13.2 Å². The highest BCUT2D eigenvalue weighted by molar-refractivity contribution is 7.99. The van der Waals surface area contributed by atoms with Gasteiger partial charge in [-0.25, -0.2) is 8.42 Å². The van der Waals surface area contributed by atoms with E-state index in [0.29, 0.717) is 17.2 Å². The number of rotatable bonds is 7. The highest BCUT2D eigenvalue weighted by Gasteiger charge is 2.34. The van der Waals surface area contributed by atoms with Crippen molar-refractivity contribution in [3.63, 3.8) is 0 Å². The Bertz CT molecular complexity index is 900. The third kappa shape index (κ3) is 4.01. The van der Waals surface area contributed by atoms with Crippen LogP contribution in [-0.4, -0.2) is 41.5 Å². The van der Waals surface area contributed by atoms with E-state index in [9.17, 15) is 8.42 Å². The maximum atomic E-state index is 13.3. The summed E-state index contributed by atoms with van der Waals surface area (Å²) in [6.07, 6.45) is 0.858. The zero-order valence-corrected chi connectivity index (χ0v) is 17.6. The number of ether oxygens (including phenoxy) is 1. The largest absolute Gasteiger partial charge is 0.385 e. The Balaban J connectivity index is 2.14. The molecule has 1 N–H and O–H groups in total. The van der Waals surface area contributed by atoms with Crippen molar-refractivity contribution in [2.45, 2.75) is 29.2 Å². The lowest BCUT2D eigenvalue weighted by atomic mass is 9.97. The van der Waals surface area contributed by atoms with Gasteiger partial charge >= 0.3 is 0 Å². The van der Waals surface area contributed by atoms with Gasteiger partial charge in [0, 0.05) is 25.7 Å². The molecule has 1 unspecified atom stereocenters. The summed E-state index contributed by atoms with van der Waals surface area (Å²) in [7, 11) is -0.309. The van der Waals surface area contributed by atoms with Crippen molar-refractivity contribution in [2.75, 3.05) is 37.4 Å². The molecule has 0 radical (unpaired) electrons. The summed E-state index contributed by atoms with van der Waals surface area (Å²) in [5.41, 5.74) is 2.47. The SMILES string of the molecule is CCSc1ccc2c(c1)S(=O)(=O)N(C)c1ccccc1C2NCCCOC. The van der Waals surface area contributed by atoms with Gasteiger partial charge in [0.25, 0.3) is 10.0 Å². The average Bonchev–Trinajstić information content (AvgIpc) is 2.74. The van der Waals surface area contributed by atoms with E-state index in [4.69, 9.17) is 4.74 Å². The number of sulfonamides is 1. The second-order valence-corrected chi connectivity index (χ2v) is 9.67. The van der Waals surface area contributed by atoms with Crippen molar-refractivity contribution in [1.82, 2.24) is 5.32 Å². The van der Waals surface area contributed by atoms with Gasteiger partial charge in [-0.1, -0.05) is 31.2 Å². The van der Waals surface area contributed by atoms with E-state index in [1.807, 2.05) is 42.5 Å². The number of benzene rings is 2. The topological polar surface area (TPSA) is 58.6 Å². The van der Waals surface area contributed by atoms with Gasteiger partial charge in [0.2, 0.25) is 0 Å². The molecule has 7 heteroatoms. The predicted molar refractivity (Wildman–Crippen MR) is 111 cm³/mol. The standard InChI is InChI=1S/C20H26N2O3S2/c1-4-26-15-10-11-17-19(14-15)27(23,24)22(2)18-9-6-5-8-16(18)20(17)21-12-7-13-25-3/h5-6,8-11,14,20-21H,4,7,12-13H2,1-3H3. The van der Waals surface area contributed by atoms with Crippen molar-refractivity contribution in [2.24, 2.45) is 0 Å². The number of hydrogen-bond acceptors (Lipinski definition) is 5. The average molecular weight is 407 g/mol. The molecule has 0 saturated carbocycles. The zero-order valence-electron chi connectivity index (χ0n) is 15.9. The summed E-state index contributed by atoms with van der Waals surface area (Å²) >= 11 is 1.65. The molecule has 1 heterocycles. The monoisotopic (exact) mass is 406 g/mol. The fraction of sp³-hybridized carbons (Fsp3) is 0.400. The lowest BCUT2D eigenvalue weighted by molar-refractivity contribution is 0.193. The van der Waals surface area contributed by atoms with Crippen LogP contribution in [0.4, 0.5) is 5.69 Å². The van der Waals surface area contributed by atoms with Crippen molar-refractivity contribution in [3.05, 3.63) is 53.6 Å². The van der Waals surface area contributed by atoms with Gasteiger partial charge in [-0.05, 0) is 48.0 Å². The third-order valence-corrected chi connectivity index (χ3v) is 7.41. The minimum atomic E-state index is -3.62. The van der Waals surface area contributed by atoms with E-state index in [2.05, 4.69) is 12.2 Å². The summed E-state index contributed by atoms with van der Waals surface area (Å²) in [4.78, 5) is 1.35. The van der Waals surface area contributed by atoms with Gasteiger partial charge in [-0.3, -0.25) is 4.31 Å². The van der Waals surface area contributed by atoms with Gasteiger partial charge in [-0.15, -0.1) is 11.8 Å². The second-order valence-electron chi connectivity index (χ2n) is 6.40. The number of nitrogens with one attached hydrogen (secondary N) is 1. The van der Waals surface area contributed by atoms with E-state index < -0.39 is 10.0 Å². The van der Waals surface area contributed by atoms with E-state index in [0.717, 1.165) is 34.7 Å². The quantitative estimate of drug-likeness (QED) is 0.562. The molecule has 0 amide bonds. The first-order chi connectivity index (χ1) is 13.0. The predicted octanol–water partition coefficient (Wildman–Crippen LogP) is 3.65. The molecule has 0 aromatic heterocycles. The molecular formula is C20H26N2O3S2. The van der Waals surface area contributed by atoms with Crippen LogP contribution in [0.5, 0.6) is 0 Å². The third-order valence-electron chi connectivity index (χ3n) is 4.71. The molecule has 0 fully saturated rings. The Kier molecular flexibility index (Phi) is 6.47. The molecule has 2 aromatic rings. The van der Waals surface area contributed by atoms with Crippen LogP contribution in [0.3, 0.4) is 0 Å². The second kappa shape index (κ2) is 8.65. The first kappa shape index (κ1) is 20.2. The molecule has 0 aliphatic carbocycles. The van der Waals surface area contributed by atoms with Crippen molar-refractivity contribution in [3.8, 4) is 0 Å². The van der Waals surface area contributed by atoms with Crippen LogP contribution >= 0.6 is 11.8 Å². The first-order valence-corrected chi connectivity index (χ1v) is 11.5. The molecule has 5 nitrogen and oxygen atoms in total. The van der Waals surface area contributed by atoms with Gasteiger partial charge in [0.15, 0.2) is 0 Å². The summed E-state index contributed by atoms with van der Waals surface area (Å²) in [5.74, 6) is 0.896.